The number of hydrazone groups is 1. The number of hydrogen-bond donors (Lipinski definition) is 2. The number of fused-ring (bicyclic) bond motifs is 1. The highest BCUT2D eigenvalue weighted by atomic mass is 16.5. The van der Waals surface area contributed by atoms with E-state index in [9.17, 15) is 14.7 Å². The first-order valence-electron chi connectivity index (χ1n) is 16.6. The van der Waals surface area contributed by atoms with Crippen LogP contribution in [-0.2, 0) is 22.4 Å². The molecule has 0 spiro atoms. The number of aliphatic hydroxyl groups is 1. The van der Waals surface area contributed by atoms with E-state index >= 15 is 0 Å². The summed E-state index contributed by atoms with van der Waals surface area (Å²) in [4.78, 5) is 31.3. The molecule has 1 aliphatic heterocycles. The molecule has 10 heteroatoms. The molecule has 2 fully saturated rings. The summed E-state index contributed by atoms with van der Waals surface area (Å²) in [5, 5.41) is 19.6. The minimum Gasteiger partial charge on any atom is -0.387 e. The van der Waals surface area contributed by atoms with Crippen LogP contribution in [0.2, 0.25) is 0 Å². The smallest absolute Gasteiger partial charge is 0.259 e. The van der Waals surface area contributed by atoms with Crippen molar-refractivity contribution in [3.05, 3.63) is 87.6 Å². The summed E-state index contributed by atoms with van der Waals surface area (Å²) in [5.74, 6) is 0.457. The van der Waals surface area contributed by atoms with Crippen LogP contribution in [0.25, 0.3) is 16.9 Å². The zero-order valence-corrected chi connectivity index (χ0v) is 26.8. The van der Waals surface area contributed by atoms with Crippen LogP contribution in [0.3, 0.4) is 0 Å². The zero-order valence-electron chi connectivity index (χ0n) is 26.8. The Morgan fingerprint density at radius 2 is 1.80 bits per heavy atom. The number of carbonyl (C=O) groups excluding carboxylic acids is 1. The summed E-state index contributed by atoms with van der Waals surface area (Å²) in [7, 11) is 0. The van der Waals surface area contributed by atoms with Gasteiger partial charge in [-0.3, -0.25) is 14.2 Å². The molecular formula is C36H42N6O4. The van der Waals surface area contributed by atoms with Crippen molar-refractivity contribution < 1.29 is 14.6 Å². The van der Waals surface area contributed by atoms with Gasteiger partial charge < -0.3 is 9.84 Å². The van der Waals surface area contributed by atoms with Crippen molar-refractivity contribution in [1.29, 1.82) is 0 Å². The number of nitrogens with zero attached hydrogens (tertiary/aromatic N) is 5. The molecule has 2 N–H and O–H groups in total. The lowest BCUT2D eigenvalue weighted by atomic mass is 9.90. The first-order valence-corrected chi connectivity index (χ1v) is 16.6. The first-order chi connectivity index (χ1) is 22.2. The van der Waals surface area contributed by atoms with Crippen molar-refractivity contribution in [1.82, 2.24) is 24.6 Å². The summed E-state index contributed by atoms with van der Waals surface area (Å²) in [5.41, 5.74) is 7.45. The summed E-state index contributed by atoms with van der Waals surface area (Å²) < 4.78 is 10.2. The van der Waals surface area contributed by atoms with Gasteiger partial charge in [-0.2, -0.15) is 15.2 Å². The van der Waals surface area contributed by atoms with Gasteiger partial charge in [0.1, 0.15) is 6.33 Å². The largest absolute Gasteiger partial charge is 0.387 e. The number of rotatable bonds is 10. The maximum absolute atomic E-state index is 14.5. The van der Waals surface area contributed by atoms with Crippen molar-refractivity contribution in [2.45, 2.75) is 108 Å². The number of ether oxygens (including phenoxy) is 1. The van der Waals surface area contributed by atoms with Gasteiger partial charge in [-0.1, -0.05) is 55.8 Å². The maximum atomic E-state index is 14.5. The average Bonchev–Trinajstić information content (AvgIpc) is 3.47. The highest BCUT2D eigenvalue weighted by molar-refractivity contribution is 6.16. The van der Waals surface area contributed by atoms with E-state index in [4.69, 9.17) is 4.74 Å². The van der Waals surface area contributed by atoms with E-state index in [0.717, 1.165) is 78.5 Å². The lowest BCUT2D eigenvalue weighted by Crippen LogP contribution is -2.44. The van der Waals surface area contributed by atoms with Gasteiger partial charge in [0, 0.05) is 23.6 Å². The van der Waals surface area contributed by atoms with E-state index in [0.29, 0.717) is 24.3 Å². The van der Waals surface area contributed by atoms with Crippen LogP contribution in [0, 0.1) is 0 Å². The van der Waals surface area contributed by atoms with Crippen LogP contribution in [0.5, 0.6) is 0 Å². The molecule has 2 aromatic carbocycles. The Morgan fingerprint density at radius 1 is 1.04 bits per heavy atom. The Hall–Kier alpha value is -4.15. The lowest BCUT2D eigenvalue weighted by molar-refractivity contribution is -0.145. The van der Waals surface area contributed by atoms with Crippen molar-refractivity contribution in [2.75, 3.05) is 0 Å². The van der Waals surface area contributed by atoms with Crippen LogP contribution in [-0.4, -0.2) is 53.2 Å². The minimum absolute atomic E-state index is 0.0211. The van der Waals surface area contributed by atoms with Gasteiger partial charge in [-0.05, 0) is 81.5 Å². The molecule has 0 saturated heterocycles. The van der Waals surface area contributed by atoms with Gasteiger partial charge in [0.2, 0.25) is 11.7 Å². The first kappa shape index (κ1) is 30.5. The molecule has 46 heavy (non-hydrogen) atoms. The third-order valence-electron chi connectivity index (χ3n) is 10.0. The predicted molar refractivity (Wildman–Crippen MR) is 176 cm³/mol. The van der Waals surface area contributed by atoms with Crippen molar-refractivity contribution in [2.24, 2.45) is 5.10 Å². The van der Waals surface area contributed by atoms with Gasteiger partial charge in [0.05, 0.1) is 35.1 Å². The molecule has 4 aromatic rings. The average molecular weight is 623 g/mol. The summed E-state index contributed by atoms with van der Waals surface area (Å²) in [6, 6.07) is 16.3. The standard InChI is InChI=1S/C36H42N6O4/c1-4-8-31-29(20-23-11-16-27(24-9-6-5-7-10-24)28(19-23)30-21-32(43)40-39-30)33(44)41(34-37-22-38-42(31)34)25-12-14-26(15-13-25)46-36(17-18-36)35(2,3)45/h5-7,9-11,16,19,22,25-26,45H,4,8,12-15,17-18,20-21H2,1-3H3,(H,40,43). The summed E-state index contributed by atoms with van der Waals surface area (Å²) in [6.07, 6.45) is 8.79. The van der Waals surface area contributed by atoms with Gasteiger partial charge in [0.25, 0.3) is 5.56 Å². The Kier molecular flexibility index (Phi) is 7.89. The Morgan fingerprint density at radius 3 is 2.46 bits per heavy atom. The van der Waals surface area contributed by atoms with Crippen LogP contribution in [0.1, 0.15) is 101 Å². The molecule has 240 valence electrons. The van der Waals surface area contributed by atoms with Crippen molar-refractivity contribution >= 4 is 17.4 Å². The third kappa shape index (κ3) is 5.58. The fourth-order valence-corrected chi connectivity index (χ4v) is 7.34. The van der Waals surface area contributed by atoms with Crippen LogP contribution in [0.15, 0.2) is 64.8 Å². The van der Waals surface area contributed by atoms with Crippen molar-refractivity contribution in [3.63, 3.8) is 0 Å². The second kappa shape index (κ2) is 11.9. The number of nitrogens with one attached hydrogen (secondary N) is 1. The highest BCUT2D eigenvalue weighted by Crippen LogP contribution is 2.50. The monoisotopic (exact) mass is 622 g/mol. The van der Waals surface area contributed by atoms with Gasteiger partial charge in [-0.15, -0.1) is 0 Å². The van der Waals surface area contributed by atoms with Crippen LogP contribution < -0.4 is 11.0 Å². The van der Waals surface area contributed by atoms with Crippen molar-refractivity contribution in [3.8, 4) is 11.1 Å². The number of carbonyl (C=O) groups is 1. The van der Waals surface area contributed by atoms with E-state index in [1.165, 1.54) is 6.33 Å². The van der Waals surface area contributed by atoms with Gasteiger partial charge in [0.15, 0.2) is 0 Å². The third-order valence-corrected chi connectivity index (χ3v) is 10.0. The predicted octanol–water partition coefficient (Wildman–Crippen LogP) is 5.13. The Balaban J connectivity index is 1.23. The number of aryl methyl sites for hydroxylation is 1. The number of amides is 1. The van der Waals surface area contributed by atoms with E-state index < -0.39 is 11.2 Å². The van der Waals surface area contributed by atoms with Crippen LogP contribution >= 0.6 is 0 Å². The van der Waals surface area contributed by atoms with E-state index in [2.05, 4.69) is 57.9 Å². The highest BCUT2D eigenvalue weighted by Gasteiger charge is 2.56. The number of aromatic nitrogens is 4. The second-order valence-electron chi connectivity index (χ2n) is 13.6. The fraction of sp³-hybridized carbons (Fsp3) is 0.472. The Labute approximate surface area is 268 Å². The molecule has 7 rings (SSSR count). The maximum Gasteiger partial charge on any atom is 0.259 e. The molecule has 2 aliphatic carbocycles. The molecule has 3 heterocycles. The molecule has 3 aliphatic rings. The van der Waals surface area contributed by atoms with Gasteiger partial charge >= 0.3 is 0 Å². The van der Waals surface area contributed by atoms with E-state index in [1.54, 1.807) is 0 Å². The van der Waals surface area contributed by atoms with E-state index in [1.807, 2.05) is 41.1 Å². The molecule has 0 atom stereocenters. The van der Waals surface area contributed by atoms with Gasteiger partial charge in [-0.25, -0.2) is 9.94 Å². The zero-order chi connectivity index (χ0) is 32.1. The number of benzene rings is 2. The second-order valence-corrected chi connectivity index (χ2v) is 13.6. The summed E-state index contributed by atoms with van der Waals surface area (Å²) >= 11 is 0. The normalized spacial score (nSPS) is 21.0. The molecule has 0 radical (unpaired) electrons. The topological polar surface area (TPSA) is 123 Å². The minimum atomic E-state index is -0.867. The molecule has 1 amide bonds. The fourth-order valence-electron chi connectivity index (χ4n) is 7.34. The van der Waals surface area contributed by atoms with Crippen LogP contribution in [0.4, 0.5) is 0 Å². The quantitative estimate of drug-likeness (QED) is 0.253. The molecule has 0 bridgehead atoms. The summed E-state index contributed by atoms with van der Waals surface area (Å²) in [6.45, 7) is 5.78. The molecule has 2 saturated carbocycles. The SMILES string of the molecule is CCCc1c(Cc2ccc(-c3ccccc3)c(C3=NNC(=O)C3)c2)c(=O)n(C2CCC(OC3(C(C)(C)O)CC3)CC2)c2ncnn12. The lowest BCUT2D eigenvalue weighted by Gasteiger charge is -2.37. The molecule has 2 aromatic heterocycles. The molecule has 0 unspecified atom stereocenters. The molecular weight excluding hydrogens is 580 g/mol. The number of hydrogen-bond acceptors (Lipinski definition) is 7. The Bertz CT molecular complexity index is 1860. The molecule has 10 nitrogen and oxygen atoms in total. The van der Waals surface area contributed by atoms with E-state index in [-0.39, 0.29) is 30.0 Å².